The van der Waals surface area contributed by atoms with Gasteiger partial charge in [-0.2, -0.15) is 0 Å². The van der Waals surface area contributed by atoms with Gasteiger partial charge >= 0.3 is 6.16 Å². The van der Waals surface area contributed by atoms with E-state index in [-0.39, 0.29) is 55.7 Å². The molecular weight excluding hydrogens is 590 g/mol. The number of amides is 1. The number of hydrogen-bond donors (Lipinski definition) is 0. The Morgan fingerprint density at radius 3 is 2.86 bits per heavy atom. The molecule has 0 unspecified atom stereocenters. The lowest BCUT2D eigenvalue weighted by atomic mass is 9.96. The first-order valence-corrected chi connectivity index (χ1v) is 14.3. The maximum atomic E-state index is 15.3. The number of benzene rings is 1. The minimum Gasteiger partial charge on any atom is -0.451 e. The minimum absolute atomic E-state index is 0.0499. The van der Waals surface area contributed by atoms with Crippen LogP contribution >= 0.6 is 11.8 Å². The van der Waals surface area contributed by atoms with Gasteiger partial charge in [-0.3, -0.25) is 24.3 Å². The Labute approximate surface area is 248 Å². The molecule has 226 valence electrons. The fourth-order valence-corrected chi connectivity index (χ4v) is 6.43. The molecule has 1 saturated heterocycles. The van der Waals surface area contributed by atoms with Gasteiger partial charge in [0.05, 0.1) is 25.5 Å². The standard InChI is InChI=1S/C28H26F2N4O8S/c1-38-11-12-40-28(37)42-15-41-26-19(35)6-8-33-25(26)27(36)32-9-10-39-13-21(32)34(33)24-16-4-5-18(29)22(30)17(16)14-43-20-3-2-7-31-23(20)24/h2-8,21,24H,9-15H2,1H3/t21-,24-/m1/s1. The van der Waals surface area contributed by atoms with Crippen molar-refractivity contribution in [3.8, 4) is 5.75 Å². The molecule has 0 spiro atoms. The van der Waals surface area contributed by atoms with Crippen molar-refractivity contribution < 1.29 is 42.1 Å². The first-order valence-electron chi connectivity index (χ1n) is 13.3. The van der Waals surface area contributed by atoms with Crippen LogP contribution in [0.15, 0.2) is 52.4 Å². The lowest BCUT2D eigenvalue weighted by Crippen LogP contribution is -2.66. The zero-order valence-corrected chi connectivity index (χ0v) is 23.7. The third kappa shape index (κ3) is 5.28. The van der Waals surface area contributed by atoms with Gasteiger partial charge in [0.25, 0.3) is 5.91 Å². The van der Waals surface area contributed by atoms with Gasteiger partial charge in [0, 0.05) is 48.3 Å². The summed E-state index contributed by atoms with van der Waals surface area (Å²) in [4.78, 5) is 45.8. The summed E-state index contributed by atoms with van der Waals surface area (Å²) in [6, 6.07) is 6.53. The first kappa shape index (κ1) is 28.9. The second-order valence-corrected chi connectivity index (χ2v) is 10.7. The molecular formula is C28H26F2N4O8S. The highest BCUT2D eigenvalue weighted by molar-refractivity contribution is 7.98. The molecule has 2 aromatic heterocycles. The lowest BCUT2D eigenvalue weighted by molar-refractivity contribution is -0.0218. The van der Waals surface area contributed by atoms with Crippen LogP contribution in [0, 0.1) is 11.6 Å². The van der Waals surface area contributed by atoms with Gasteiger partial charge in [-0.05, 0) is 23.8 Å². The summed E-state index contributed by atoms with van der Waals surface area (Å²) in [5, 5.41) is 1.76. The van der Waals surface area contributed by atoms with Crippen LogP contribution in [-0.2, 0) is 24.7 Å². The number of hydrogen-bond acceptors (Lipinski definition) is 11. The van der Waals surface area contributed by atoms with E-state index in [0.29, 0.717) is 11.3 Å². The van der Waals surface area contributed by atoms with Gasteiger partial charge in [-0.15, -0.1) is 11.8 Å². The summed E-state index contributed by atoms with van der Waals surface area (Å²) in [5.41, 5.74) is 0.378. The summed E-state index contributed by atoms with van der Waals surface area (Å²) in [6.45, 7) is -0.0837. The molecule has 0 bridgehead atoms. The molecule has 0 aliphatic carbocycles. The molecule has 1 fully saturated rings. The smallest absolute Gasteiger partial charge is 0.451 e. The summed E-state index contributed by atoms with van der Waals surface area (Å²) >= 11 is 1.32. The number of nitrogens with zero attached hydrogens (tertiary/aromatic N) is 4. The predicted octanol–water partition coefficient (Wildman–Crippen LogP) is 2.80. The van der Waals surface area contributed by atoms with Crippen molar-refractivity contribution in [1.29, 1.82) is 0 Å². The number of carbonyl (C=O) groups is 2. The van der Waals surface area contributed by atoms with Gasteiger partial charge in [0.15, 0.2) is 17.3 Å². The molecule has 5 heterocycles. The fourth-order valence-electron chi connectivity index (χ4n) is 5.35. The number of methoxy groups -OCH3 is 1. The van der Waals surface area contributed by atoms with E-state index in [1.165, 1.54) is 46.8 Å². The Balaban J connectivity index is 1.47. The summed E-state index contributed by atoms with van der Waals surface area (Å²) in [5.74, 6) is -2.67. The third-order valence-electron chi connectivity index (χ3n) is 7.27. The van der Waals surface area contributed by atoms with Gasteiger partial charge in [0.2, 0.25) is 18.0 Å². The van der Waals surface area contributed by atoms with Crippen LogP contribution in [0.4, 0.5) is 13.6 Å². The Morgan fingerprint density at radius 2 is 2.02 bits per heavy atom. The highest BCUT2D eigenvalue weighted by Crippen LogP contribution is 2.44. The molecule has 1 amide bonds. The molecule has 6 rings (SSSR count). The molecule has 2 atom stereocenters. The van der Waals surface area contributed by atoms with Crippen LogP contribution in [0.1, 0.15) is 33.4 Å². The zero-order valence-electron chi connectivity index (χ0n) is 22.9. The maximum absolute atomic E-state index is 15.3. The molecule has 15 heteroatoms. The largest absolute Gasteiger partial charge is 0.511 e. The van der Waals surface area contributed by atoms with E-state index in [9.17, 15) is 18.8 Å². The van der Waals surface area contributed by atoms with E-state index in [1.54, 1.807) is 17.3 Å². The highest BCUT2D eigenvalue weighted by Gasteiger charge is 2.47. The van der Waals surface area contributed by atoms with E-state index in [0.717, 1.165) is 11.0 Å². The summed E-state index contributed by atoms with van der Waals surface area (Å²) < 4.78 is 57.1. The highest BCUT2D eigenvalue weighted by atomic mass is 32.2. The number of aromatic nitrogens is 2. The summed E-state index contributed by atoms with van der Waals surface area (Å²) in [7, 11) is 1.44. The van der Waals surface area contributed by atoms with Gasteiger partial charge in [0.1, 0.15) is 18.8 Å². The molecule has 0 N–H and O–H groups in total. The number of ether oxygens (including phenoxy) is 5. The Bertz CT molecular complexity index is 1620. The van der Waals surface area contributed by atoms with E-state index >= 15 is 4.39 Å². The predicted molar refractivity (Wildman–Crippen MR) is 146 cm³/mol. The molecule has 3 aliphatic rings. The summed E-state index contributed by atoms with van der Waals surface area (Å²) in [6.07, 6.45) is 1.26. The van der Waals surface area contributed by atoms with Gasteiger partial charge < -0.3 is 28.6 Å². The number of halogens is 2. The van der Waals surface area contributed by atoms with E-state index in [4.69, 9.17) is 23.7 Å². The molecule has 0 radical (unpaired) electrons. The SMILES string of the molecule is COCCOC(=O)OCOc1c2n(ccc1=O)N([C@@H]1c3ccc(F)c(F)c3CSc3cccnc31)[C@@H]1COCCN1C2=O. The van der Waals surface area contributed by atoms with E-state index < -0.39 is 48.1 Å². The molecule has 43 heavy (non-hydrogen) atoms. The van der Waals surface area contributed by atoms with Crippen LogP contribution in [-0.4, -0.2) is 79.7 Å². The topological polar surface area (TPSA) is 122 Å². The number of rotatable bonds is 7. The Hall–Kier alpha value is -4.21. The zero-order chi connectivity index (χ0) is 30.1. The molecule has 12 nitrogen and oxygen atoms in total. The van der Waals surface area contributed by atoms with Crippen molar-refractivity contribution in [2.45, 2.75) is 22.9 Å². The van der Waals surface area contributed by atoms with Crippen molar-refractivity contribution >= 4 is 23.8 Å². The normalized spacial score (nSPS) is 19.0. The molecule has 3 aliphatic heterocycles. The van der Waals surface area contributed by atoms with Crippen molar-refractivity contribution in [2.24, 2.45) is 0 Å². The van der Waals surface area contributed by atoms with E-state index in [1.807, 2.05) is 6.07 Å². The van der Waals surface area contributed by atoms with Gasteiger partial charge in [-0.25, -0.2) is 13.6 Å². The Kier molecular flexibility index (Phi) is 8.19. The molecule has 1 aromatic carbocycles. The van der Waals surface area contributed by atoms with Crippen molar-refractivity contribution in [3.05, 3.63) is 87.1 Å². The number of thioether (sulfide) groups is 1. The fraction of sp³-hybridized carbons (Fsp3) is 0.357. The average molecular weight is 617 g/mol. The van der Waals surface area contributed by atoms with Crippen molar-refractivity contribution in [3.63, 3.8) is 0 Å². The van der Waals surface area contributed by atoms with Crippen LogP contribution in [0.2, 0.25) is 0 Å². The number of morpholine rings is 1. The first-order chi connectivity index (χ1) is 20.9. The quantitative estimate of drug-likeness (QED) is 0.221. The Morgan fingerprint density at radius 1 is 1.16 bits per heavy atom. The van der Waals surface area contributed by atoms with Crippen molar-refractivity contribution in [2.75, 3.05) is 51.9 Å². The second-order valence-electron chi connectivity index (χ2n) is 9.64. The monoisotopic (exact) mass is 616 g/mol. The number of carbonyl (C=O) groups excluding carboxylic acids is 2. The van der Waals surface area contributed by atoms with Crippen LogP contribution in [0.5, 0.6) is 5.75 Å². The molecule has 0 saturated carbocycles. The third-order valence-corrected chi connectivity index (χ3v) is 8.35. The van der Waals surface area contributed by atoms with Gasteiger partial charge in [-0.1, -0.05) is 6.07 Å². The maximum Gasteiger partial charge on any atom is 0.511 e. The number of fused-ring (bicyclic) bond motifs is 4. The molecule has 3 aromatic rings. The van der Waals surface area contributed by atoms with Crippen LogP contribution in [0.25, 0.3) is 0 Å². The van der Waals surface area contributed by atoms with Crippen molar-refractivity contribution in [1.82, 2.24) is 14.6 Å². The average Bonchev–Trinajstić information content (AvgIpc) is 3.18. The second kappa shape index (κ2) is 12.2. The lowest BCUT2D eigenvalue weighted by Gasteiger charge is -2.51. The van der Waals surface area contributed by atoms with Crippen LogP contribution < -0.4 is 15.2 Å². The van der Waals surface area contributed by atoms with E-state index in [2.05, 4.69) is 4.98 Å². The minimum atomic E-state index is -1.05. The van der Waals surface area contributed by atoms with Crippen LogP contribution in [0.3, 0.4) is 0 Å². The number of pyridine rings is 2.